The number of hydrogen-bond acceptors (Lipinski definition) is 6. The van der Waals surface area contributed by atoms with Gasteiger partial charge in [0.1, 0.15) is 6.54 Å². The molecule has 1 N–H and O–H groups in total. The average molecular weight is 664 g/mol. The number of para-hydroxylation sites is 2. The maximum Gasteiger partial charge on any atom is 0.308 e. The van der Waals surface area contributed by atoms with Crippen molar-refractivity contribution in [1.29, 1.82) is 0 Å². The van der Waals surface area contributed by atoms with E-state index >= 15 is 0 Å². The fourth-order valence-electron chi connectivity index (χ4n) is 8.70. The molecule has 2 bridgehead atoms. The number of thioether (sulfide) groups is 1. The number of carbonyl (C=O) groups is 3. The molecule has 1 saturated heterocycles. The van der Waals surface area contributed by atoms with Gasteiger partial charge in [0.25, 0.3) is 0 Å². The average Bonchev–Trinajstić information content (AvgIpc) is 3.77. The van der Waals surface area contributed by atoms with Crippen LogP contribution in [0.1, 0.15) is 54.7 Å². The van der Waals surface area contributed by atoms with E-state index in [1.807, 2.05) is 61.5 Å². The van der Waals surface area contributed by atoms with Crippen LogP contribution in [-0.2, 0) is 26.3 Å². The second-order valence-electron chi connectivity index (χ2n) is 14.5. The smallest absolute Gasteiger partial charge is 0.308 e. The Balaban J connectivity index is 1.19. The number of anilines is 2. The van der Waals surface area contributed by atoms with Gasteiger partial charge in [0, 0.05) is 21.7 Å². The summed E-state index contributed by atoms with van der Waals surface area (Å²) in [7, 11) is 0. The molecule has 3 heterocycles. The number of fused-ring (bicyclic) bond motifs is 9. The quantitative estimate of drug-likeness (QED) is 0.237. The normalized spacial score (nSPS) is 27.5. The van der Waals surface area contributed by atoms with Gasteiger partial charge in [0.2, 0.25) is 17.7 Å². The second-order valence-corrected chi connectivity index (χ2v) is 16.6. The molecule has 47 heavy (non-hydrogen) atoms. The number of nitrogens with zero attached hydrogens (tertiary/aromatic N) is 2. The van der Waals surface area contributed by atoms with Crippen LogP contribution >= 0.6 is 23.1 Å². The van der Waals surface area contributed by atoms with Crippen molar-refractivity contribution in [2.45, 2.75) is 62.3 Å². The van der Waals surface area contributed by atoms with Crippen molar-refractivity contribution in [2.24, 2.45) is 29.6 Å². The number of rotatable bonds is 5. The third kappa shape index (κ3) is 4.76. The van der Waals surface area contributed by atoms with Crippen LogP contribution < -0.4 is 15.1 Å². The van der Waals surface area contributed by atoms with Crippen LogP contribution in [-0.4, -0.2) is 27.5 Å². The van der Waals surface area contributed by atoms with Crippen molar-refractivity contribution < 1.29 is 14.4 Å². The van der Waals surface area contributed by atoms with Crippen LogP contribution in [0, 0.1) is 36.5 Å². The van der Waals surface area contributed by atoms with E-state index in [-0.39, 0.29) is 75.3 Å². The summed E-state index contributed by atoms with van der Waals surface area (Å²) >= 11 is 2.88. The van der Waals surface area contributed by atoms with Crippen LogP contribution in [0.25, 0.3) is 0 Å². The molecule has 0 spiro atoms. The molecule has 7 unspecified atom stereocenters. The van der Waals surface area contributed by atoms with Crippen molar-refractivity contribution in [3.8, 4) is 0 Å². The van der Waals surface area contributed by atoms with Gasteiger partial charge in [-0.2, -0.15) is 0 Å². The number of nitrogens with one attached hydrogen (secondary N) is 1. The molecule has 7 atom stereocenters. The number of imide groups is 1. The van der Waals surface area contributed by atoms with Gasteiger partial charge in [-0.1, -0.05) is 92.8 Å². The van der Waals surface area contributed by atoms with E-state index < -0.39 is 0 Å². The monoisotopic (exact) mass is 663 g/mol. The standard InChI is InChI=1S/C38H37N3O4S2/c1-20-10-8-9-13-26(20)39-27(42)19-40-36-33(47-37(40)45)28(21-14-16-22(17-15-21)38(2,3)4)29-24-18-25(32(29)46-36)31-30(24)34(43)41(35(31)44)23-11-6-5-7-12-23/h5-17,24-25,28-32H,18-19H2,1-4H3,(H,39,42). The highest BCUT2D eigenvalue weighted by atomic mass is 32.2. The molecule has 8 rings (SSSR count). The van der Waals surface area contributed by atoms with E-state index in [4.69, 9.17) is 0 Å². The highest BCUT2D eigenvalue weighted by molar-refractivity contribution is 8.00. The minimum absolute atomic E-state index is 0.00950. The molecule has 1 aromatic heterocycles. The zero-order chi connectivity index (χ0) is 32.8. The van der Waals surface area contributed by atoms with Gasteiger partial charge in [-0.15, -0.1) is 11.8 Å². The lowest BCUT2D eigenvalue weighted by molar-refractivity contribution is -0.123. The van der Waals surface area contributed by atoms with Gasteiger partial charge in [-0.3, -0.25) is 28.6 Å². The van der Waals surface area contributed by atoms with Gasteiger partial charge < -0.3 is 5.32 Å². The van der Waals surface area contributed by atoms with Crippen molar-refractivity contribution in [3.05, 3.63) is 110 Å². The highest BCUT2D eigenvalue weighted by Gasteiger charge is 2.69. The predicted molar refractivity (Wildman–Crippen MR) is 186 cm³/mol. The number of hydrogen-bond donors (Lipinski definition) is 1. The van der Waals surface area contributed by atoms with Crippen LogP contribution in [0.15, 0.2) is 88.7 Å². The van der Waals surface area contributed by atoms with Crippen molar-refractivity contribution >= 4 is 52.2 Å². The zero-order valence-electron chi connectivity index (χ0n) is 26.8. The number of thiazole rings is 1. The molecule has 2 aliphatic carbocycles. The maximum absolute atomic E-state index is 14.1. The Bertz CT molecular complexity index is 1980. The predicted octanol–water partition coefficient (Wildman–Crippen LogP) is 6.83. The van der Waals surface area contributed by atoms with E-state index in [0.717, 1.165) is 33.1 Å². The van der Waals surface area contributed by atoms with Crippen LogP contribution in [0.3, 0.4) is 0 Å². The molecule has 2 aliphatic heterocycles. The van der Waals surface area contributed by atoms with Crippen LogP contribution in [0.5, 0.6) is 0 Å². The minimum atomic E-state index is -0.366. The lowest BCUT2D eigenvalue weighted by Crippen LogP contribution is -2.43. The molecule has 240 valence electrons. The first-order chi connectivity index (χ1) is 22.5. The second kappa shape index (κ2) is 11.1. The summed E-state index contributed by atoms with van der Waals surface area (Å²) in [6.45, 7) is 8.43. The summed E-state index contributed by atoms with van der Waals surface area (Å²) in [6.07, 6.45) is 0.821. The van der Waals surface area contributed by atoms with E-state index in [2.05, 4.69) is 50.4 Å². The summed E-state index contributed by atoms with van der Waals surface area (Å²) in [5, 5.41) is 3.86. The van der Waals surface area contributed by atoms with Crippen LogP contribution in [0.4, 0.5) is 11.4 Å². The molecular weight excluding hydrogens is 627 g/mol. The van der Waals surface area contributed by atoms with Crippen molar-refractivity contribution in [1.82, 2.24) is 4.57 Å². The van der Waals surface area contributed by atoms with E-state index in [9.17, 15) is 19.2 Å². The maximum atomic E-state index is 14.1. The van der Waals surface area contributed by atoms with E-state index in [0.29, 0.717) is 5.69 Å². The molecule has 3 aromatic carbocycles. The largest absolute Gasteiger partial charge is 0.324 e. The van der Waals surface area contributed by atoms with Gasteiger partial charge in [0.05, 0.1) is 22.5 Å². The van der Waals surface area contributed by atoms with Gasteiger partial charge in [-0.25, -0.2) is 0 Å². The van der Waals surface area contributed by atoms with Crippen molar-refractivity contribution in [2.75, 3.05) is 10.2 Å². The Morgan fingerprint density at radius 1 is 0.872 bits per heavy atom. The summed E-state index contributed by atoms with van der Waals surface area (Å²) < 4.78 is 1.63. The lowest BCUT2D eigenvalue weighted by Gasteiger charge is -2.43. The minimum Gasteiger partial charge on any atom is -0.324 e. The van der Waals surface area contributed by atoms with Gasteiger partial charge >= 0.3 is 4.87 Å². The fraction of sp³-hybridized carbons (Fsp3) is 0.368. The lowest BCUT2D eigenvalue weighted by atomic mass is 9.68. The highest BCUT2D eigenvalue weighted by Crippen LogP contribution is 2.69. The summed E-state index contributed by atoms with van der Waals surface area (Å²) in [5.41, 5.74) is 4.65. The number of aryl methyl sites for hydroxylation is 1. The van der Waals surface area contributed by atoms with Gasteiger partial charge in [-0.05, 0) is 71.4 Å². The first kappa shape index (κ1) is 30.4. The summed E-state index contributed by atoms with van der Waals surface area (Å²) in [6, 6.07) is 25.6. The topological polar surface area (TPSA) is 88.5 Å². The molecule has 0 radical (unpaired) electrons. The molecule has 2 saturated carbocycles. The molecule has 3 fully saturated rings. The third-order valence-electron chi connectivity index (χ3n) is 10.8. The Kier molecular flexibility index (Phi) is 7.15. The molecule has 3 amide bonds. The molecular formula is C38H37N3O4S2. The number of aromatic nitrogens is 1. The Morgan fingerprint density at radius 3 is 2.21 bits per heavy atom. The Morgan fingerprint density at radius 2 is 1.53 bits per heavy atom. The molecule has 4 aromatic rings. The van der Waals surface area contributed by atoms with Gasteiger partial charge in [0.15, 0.2) is 0 Å². The van der Waals surface area contributed by atoms with E-state index in [1.54, 1.807) is 16.3 Å². The SMILES string of the molecule is Cc1ccccc1NC(=O)Cn1c2c(sc1=O)C(c1ccc(C(C)(C)C)cc1)C1C3CC(C1S2)C1C(=O)N(c2ccccc2)C(=O)C31. The number of amides is 3. The third-order valence-corrected chi connectivity index (χ3v) is 13.6. The summed E-state index contributed by atoms with van der Waals surface area (Å²) in [5.74, 6) is -1.13. The number of carbonyl (C=O) groups excluding carboxylic acids is 3. The first-order valence-electron chi connectivity index (χ1n) is 16.3. The molecule has 9 heteroatoms. The summed E-state index contributed by atoms with van der Waals surface area (Å²) in [4.78, 5) is 57.3. The molecule has 4 aliphatic rings. The Labute approximate surface area is 282 Å². The Hall–Kier alpha value is -3.95. The molecule has 7 nitrogen and oxygen atoms in total. The van der Waals surface area contributed by atoms with Crippen LogP contribution in [0.2, 0.25) is 0 Å². The number of benzene rings is 3. The van der Waals surface area contributed by atoms with E-state index in [1.165, 1.54) is 21.8 Å². The fourth-order valence-corrected chi connectivity index (χ4v) is 11.8. The van der Waals surface area contributed by atoms with Crippen molar-refractivity contribution in [3.63, 3.8) is 0 Å². The first-order valence-corrected chi connectivity index (χ1v) is 18.0. The zero-order valence-corrected chi connectivity index (χ0v) is 28.4.